The average molecular weight is 269 g/mol. The van der Waals surface area contributed by atoms with E-state index in [2.05, 4.69) is 0 Å². The van der Waals surface area contributed by atoms with Gasteiger partial charge < -0.3 is 9.42 Å². The molecule has 0 aromatic heterocycles. The van der Waals surface area contributed by atoms with Gasteiger partial charge in [0.15, 0.2) is 5.12 Å². The van der Waals surface area contributed by atoms with E-state index < -0.39 is 12.7 Å². The van der Waals surface area contributed by atoms with E-state index >= 15 is 0 Å². The Balaban J connectivity index is 2.89. The Bertz CT molecular complexity index is 366. The number of rotatable bonds is 4. The molecule has 6 heteroatoms. The van der Waals surface area contributed by atoms with Crippen molar-refractivity contribution in [3.8, 4) is 0 Å². The SMILES string of the molecule is CCOP(=O)(O)C(Cl)c1ccc(Cl)cc1. The summed E-state index contributed by atoms with van der Waals surface area (Å²) in [5, 5.41) is -0.512. The lowest BCUT2D eigenvalue weighted by atomic mass is 10.2. The highest BCUT2D eigenvalue weighted by Crippen LogP contribution is 2.58. The van der Waals surface area contributed by atoms with Gasteiger partial charge in [0.1, 0.15) is 0 Å². The van der Waals surface area contributed by atoms with Crippen molar-refractivity contribution < 1.29 is 14.0 Å². The number of hydrogen-bond donors (Lipinski definition) is 1. The molecule has 0 aliphatic rings. The Labute approximate surface area is 98.5 Å². The second kappa shape index (κ2) is 5.33. The van der Waals surface area contributed by atoms with Crippen LogP contribution in [0.5, 0.6) is 0 Å². The normalized spacial score (nSPS) is 17.1. The zero-order chi connectivity index (χ0) is 11.5. The molecule has 3 nitrogen and oxygen atoms in total. The van der Waals surface area contributed by atoms with Crippen molar-refractivity contribution in [1.82, 2.24) is 0 Å². The number of benzene rings is 1. The molecule has 84 valence electrons. The first-order chi connectivity index (χ1) is 6.97. The number of hydrogen-bond acceptors (Lipinski definition) is 2. The van der Waals surface area contributed by atoms with Crippen molar-refractivity contribution in [2.45, 2.75) is 12.0 Å². The van der Waals surface area contributed by atoms with Crippen LogP contribution in [-0.2, 0) is 9.09 Å². The first-order valence-electron chi connectivity index (χ1n) is 4.34. The van der Waals surface area contributed by atoms with Crippen molar-refractivity contribution in [1.29, 1.82) is 0 Å². The van der Waals surface area contributed by atoms with Gasteiger partial charge in [0.2, 0.25) is 0 Å². The van der Waals surface area contributed by atoms with Gasteiger partial charge >= 0.3 is 7.60 Å². The molecule has 0 aliphatic carbocycles. The van der Waals surface area contributed by atoms with Gasteiger partial charge in [0, 0.05) is 5.02 Å². The summed E-state index contributed by atoms with van der Waals surface area (Å²) in [6, 6.07) is 6.42. The highest BCUT2D eigenvalue weighted by molar-refractivity contribution is 7.55. The van der Waals surface area contributed by atoms with E-state index in [-0.39, 0.29) is 6.61 Å². The van der Waals surface area contributed by atoms with Crippen LogP contribution < -0.4 is 0 Å². The lowest BCUT2D eigenvalue weighted by Crippen LogP contribution is -1.96. The zero-order valence-corrected chi connectivity index (χ0v) is 10.5. The Morgan fingerprint density at radius 2 is 2.00 bits per heavy atom. The fourth-order valence-corrected chi connectivity index (χ4v) is 2.55. The molecule has 2 unspecified atom stereocenters. The van der Waals surface area contributed by atoms with E-state index in [0.29, 0.717) is 10.6 Å². The van der Waals surface area contributed by atoms with E-state index in [1.165, 1.54) is 0 Å². The lowest BCUT2D eigenvalue weighted by molar-refractivity contribution is 0.271. The molecule has 0 bridgehead atoms. The third-order valence-corrected chi connectivity index (χ3v) is 4.49. The van der Waals surface area contributed by atoms with Crippen LogP contribution in [0.2, 0.25) is 5.02 Å². The van der Waals surface area contributed by atoms with Gasteiger partial charge in [-0.3, -0.25) is 4.57 Å². The molecule has 0 saturated heterocycles. The molecule has 2 atom stereocenters. The molecule has 1 aromatic rings. The molecular formula is C9H11Cl2O3P. The van der Waals surface area contributed by atoms with E-state index in [1.54, 1.807) is 31.2 Å². The Morgan fingerprint density at radius 3 is 2.47 bits per heavy atom. The maximum Gasteiger partial charge on any atom is 0.350 e. The minimum Gasteiger partial charge on any atom is -0.323 e. The van der Waals surface area contributed by atoms with Gasteiger partial charge in [0.05, 0.1) is 6.61 Å². The van der Waals surface area contributed by atoms with Crippen molar-refractivity contribution in [3.05, 3.63) is 34.9 Å². The maximum absolute atomic E-state index is 11.6. The maximum atomic E-state index is 11.6. The Hall–Kier alpha value is -0.0500. The minimum absolute atomic E-state index is 0.143. The number of alkyl halides is 1. The summed E-state index contributed by atoms with van der Waals surface area (Å²) < 4.78 is 16.3. The Morgan fingerprint density at radius 1 is 1.47 bits per heavy atom. The average Bonchev–Trinajstić information content (AvgIpc) is 2.18. The van der Waals surface area contributed by atoms with E-state index in [1.807, 2.05) is 0 Å². The molecular weight excluding hydrogens is 258 g/mol. The first kappa shape index (κ1) is 13.0. The summed E-state index contributed by atoms with van der Waals surface area (Å²) in [7, 11) is -3.80. The molecule has 1 aromatic carbocycles. The fourth-order valence-electron chi connectivity index (χ4n) is 1.06. The van der Waals surface area contributed by atoms with E-state index in [4.69, 9.17) is 27.7 Å². The second-order valence-electron chi connectivity index (χ2n) is 2.87. The van der Waals surface area contributed by atoms with E-state index in [9.17, 15) is 9.46 Å². The molecule has 0 amide bonds. The van der Waals surface area contributed by atoms with Crippen molar-refractivity contribution in [2.75, 3.05) is 6.61 Å². The van der Waals surface area contributed by atoms with Crippen LogP contribution >= 0.6 is 30.8 Å². The monoisotopic (exact) mass is 268 g/mol. The third kappa shape index (κ3) is 3.47. The van der Waals surface area contributed by atoms with Crippen LogP contribution in [0.1, 0.15) is 17.6 Å². The summed E-state index contributed by atoms with van der Waals surface area (Å²) in [5.41, 5.74) is 0.514. The molecule has 0 fully saturated rings. The zero-order valence-electron chi connectivity index (χ0n) is 8.06. The summed E-state index contributed by atoms with van der Waals surface area (Å²) in [5.74, 6) is 0. The van der Waals surface area contributed by atoms with Crippen LogP contribution in [-0.4, -0.2) is 11.5 Å². The molecule has 0 spiro atoms. The van der Waals surface area contributed by atoms with Gasteiger partial charge in [-0.25, -0.2) is 0 Å². The van der Waals surface area contributed by atoms with Crippen LogP contribution in [0, 0.1) is 0 Å². The van der Waals surface area contributed by atoms with Gasteiger partial charge in [-0.2, -0.15) is 0 Å². The molecule has 1 N–H and O–H groups in total. The van der Waals surface area contributed by atoms with Crippen LogP contribution in [0.3, 0.4) is 0 Å². The second-order valence-corrected chi connectivity index (χ2v) is 5.95. The molecule has 0 heterocycles. The first-order valence-corrected chi connectivity index (χ1v) is 6.80. The highest BCUT2D eigenvalue weighted by atomic mass is 35.5. The third-order valence-electron chi connectivity index (χ3n) is 1.75. The van der Waals surface area contributed by atoms with Crippen LogP contribution in [0.25, 0.3) is 0 Å². The van der Waals surface area contributed by atoms with Gasteiger partial charge in [0.25, 0.3) is 0 Å². The summed E-state index contributed by atoms with van der Waals surface area (Å²) in [6.07, 6.45) is 0. The lowest BCUT2D eigenvalue weighted by Gasteiger charge is -2.16. The quantitative estimate of drug-likeness (QED) is 0.668. The molecule has 0 aliphatic heterocycles. The van der Waals surface area contributed by atoms with Crippen LogP contribution in [0.4, 0.5) is 0 Å². The van der Waals surface area contributed by atoms with Gasteiger partial charge in [-0.1, -0.05) is 23.7 Å². The standard InChI is InChI=1S/C9H11Cl2O3P/c1-2-14-15(12,13)9(11)7-3-5-8(10)6-4-7/h3-6,9H,2H2,1H3,(H,12,13). The van der Waals surface area contributed by atoms with Gasteiger partial charge in [-0.15, -0.1) is 11.6 Å². The van der Waals surface area contributed by atoms with Crippen LogP contribution in [0.15, 0.2) is 24.3 Å². The number of halogens is 2. The largest absolute Gasteiger partial charge is 0.350 e. The topological polar surface area (TPSA) is 46.5 Å². The highest BCUT2D eigenvalue weighted by Gasteiger charge is 2.31. The fraction of sp³-hybridized carbons (Fsp3) is 0.333. The van der Waals surface area contributed by atoms with Crippen molar-refractivity contribution in [3.63, 3.8) is 0 Å². The van der Waals surface area contributed by atoms with Crippen molar-refractivity contribution >= 4 is 30.8 Å². The molecule has 0 radical (unpaired) electrons. The summed E-state index contributed by atoms with van der Waals surface area (Å²) >= 11 is 11.5. The molecule has 0 saturated carbocycles. The smallest absolute Gasteiger partial charge is 0.323 e. The minimum atomic E-state index is -3.80. The van der Waals surface area contributed by atoms with Gasteiger partial charge in [-0.05, 0) is 24.6 Å². The van der Waals surface area contributed by atoms with Crippen molar-refractivity contribution in [2.24, 2.45) is 0 Å². The predicted molar refractivity (Wildman–Crippen MR) is 61.5 cm³/mol. The molecule has 15 heavy (non-hydrogen) atoms. The Kier molecular flexibility index (Phi) is 4.63. The summed E-state index contributed by atoms with van der Waals surface area (Å²) in [4.78, 5) is 9.47. The van der Waals surface area contributed by atoms with E-state index in [0.717, 1.165) is 0 Å². The summed E-state index contributed by atoms with van der Waals surface area (Å²) in [6.45, 7) is 1.78. The predicted octanol–water partition coefficient (Wildman–Crippen LogP) is 3.80. The molecule has 1 rings (SSSR count).